The molecule has 0 bridgehead atoms. The van der Waals surface area contributed by atoms with Gasteiger partial charge in [0, 0.05) is 44.0 Å². The van der Waals surface area contributed by atoms with Crippen LogP contribution in [0.15, 0.2) is 41.5 Å². The monoisotopic (exact) mass is 425 g/mol. The van der Waals surface area contributed by atoms with Crippen LogP contribution in [0.1, 0.15) is 43.7 Å². The standard InChI is InChI=1S/C24H35N5O2/c1-4-25-24(28-18-20-10-11-21(30-2)15-22(20)31-3)27-17-19-9-12-23(26-16-19)29-13-7-5-6-8-14-29/h9-12,15-16H,4-8,13-14,17-18H2,1-3H3,(H2,25,27,28). The second-order valence-corrected chi connectivity index (χ2v) is 7.65. The highest BCUT2D eigenvalue weighted by atomic mass is 16.5. The van der Waals surface area contributed by atoms with Gasteiger partial charge in [0.1, 0.15) is 17.3 Å². The minimum absolute atomic E-state index is 0.572. The van der Waals surface area contributed by atoms with E-state index in [-0.39, 0.29) is 0 Å². The highest BCUT2D eigenvalue weighted by Crippen LogP contribution is 2.24. The van der Waals surface area contributed by atoms with Crippen molar-refractivity contribution in [1.82, 2.24) is 15.6 Å². The smallest absolute Gasteiger partial charge is 0.191 e. The Kier molecular flexibility index (Phi) is 8.82. The maximum Gasteiger partial charge on any atom is 0.191 e. The summed E-state index contributed by atoms with van der Waals surface area (Å²) >= 11 is 0. The molecule has 168 valence electrons. The van der Waals surface area contributed by atoms with Gasteiger partial charge in [-0.2, -0.15) is 0 Å². The highest BCUT2D eigenvalue weighted by Gasteiger charge is 2.11. The van der Waals surface area contributed by atoms with Crippen molar-refractivity contribution in [2.75, 3.05) is 38.8 Å². The zero-order valence-electron chi connectivity index (χ0n) is 19.0. The highest BCUT2D eigenvalue weighted by molar-refractivity contribution is 5.79. The van der Waals surface area contributed by atoms with E-state index in [1.165, 1.54) is 25.7 Å². The molecule has 0 atom stereocenters. The molecule has 0 radical (unpaired) electrons. The van der Waals surface area contributed by atoms with Crippen molar-refractivity contribution < 1.29 is 9.47 Å². The fourth-order valence-electron chi connectivity index (χ4n) is 3.69. The van der Waals surface area contributed by atoms with Crippen molar-refractivity contribution in [3.05, 3.63) is 47.7 Å². The molecule has 1 aliphatic heterocycles. The molecule has 0 saturated carbocycles. The number of ether oxygens (including phenoxy) is 2. The number of hydrogen-bond donors (Lipinski definition) is 2. The summed E-state index contributed by atoms with van der Waals surface area (Å²) in [7, 11) is 3.32. The first-order valence-corrected chi connectivity index (χ1v) is 11.2. The van der Waals surface area contributed by atoms with Crippen LogP contribution in [0, 0.1) is 0 Å². The van der Waals surface area contributed by atoms with Crippen LogP contribution >= 0.6 is 0 Å². The number of methoxy groups -OCH3 is 2. The van der Waals surface area contributed by atoms with Crippen LogP contribution in [0.5, 0.6) is 11.5 Å². The van der Waals surface area contributed by atoms with E-state index in [1.54, 1.807) is 14.2 Å². The molecule has 2 aromatic rings. The Bertz CT molecular complexity index is 830. The Morgan fingerprint density at radius 2 is 1.84 bits per heavy atom. The average molecular weight is 426 g/mol. The van der Waals surface area contributed by atoms with Gasteiger partial charge in [0.15, 0.2) is 5.96 Å². The quantitative estimate of drug-likeness (QED) is 0.496. The Balaban J connectivity index is 1.60. The lowest BCUT2D eigenvalue weighted by atomic mass is 10.2. The van der Waals surface area contributed by atoms with Gasteiger partial charge in [-0.3, -0.25) is 0 Å². The third-order valence-corrected chi connectivity index (χ3v) is 5.44. The van der Waals surface area contributed by atoms with Gasteiger partial charge >= 0.3 is 0 Å². The molecule has 7 nitrogen and oxygen atoms in total. The van der Waals surface area contributed by atoms with Crippen LogP contribution in [-0.2, 0) is 13.1 Å². The van der Waals surface area contributed by atoms with Crippen LogP contribution in [0.4, 0.5) is 5.82 Å². The van der Waals surface area contributed by atoms with Crippen LogP contribution in [-0.4, -0.2) is 44.8 Å². The molecule has 2 N–H and O–H groups in total. The number of nitrogens with one attached hydrogen (secondary N) is 2. The van der Waals surface area contributed by atoms with Gasteiger partial charge in [0.25, 0.3) is 0 Å². The van der Waals surface area contributed by atoms with Crippen molar-refractivity contribution >= 4 is 11.8 Å². The van der Waals surface area contributed by atoms with E-state index in [0.717, 1.165) is 54.0 Å². The largest absolute Gasteiger partial charge is 0.497 e. The SMILES string of the molecule is CCNC(=NCc1ccc(N2CCCCCC2)nc1)NCc1ccc(OC)cc1OC. The molecule has 1 fully saturated rings. The third kappa shape index (κ3) is 6.77. The molecule has 2 heterocycles. The number of pyridine rings is 1. The predicted molar refractivity (Wildman–Crippen MR) is 126 cm³/mol. The summed E-state index contributed by atoms with van der Waals surface area (Å²) in [6.07, 6.45) is 7.10. The first-order valence-electron chi connectivity index (χ1n) is 11.2. The Hall–Kier alpha value is -2.96. The van der Waals surface area contributed by atoms with E-state index in [9.17, 15) is 0 Å². The summed E-state index contributed by atoms with van der Waals surface area (Å²) in [4.78, 5) is 11.8. The molecule has 0 amide bonds. The maximum atomic E-state index is 5.49. The van der Waals surface area contributed by atoms with Crippen LogP contribution in [0.25, 0.3) is 0 Å². The van der Waals surface area contributed by atoms with E-state index in [0.29, 0.717) is 13.1 Å². The summed E-state index contributed by atoms with van der Waals surface area (Å²) in [5.41, 5.74) is 2.13. The van der Waals surface area contributed by atoms with E-state index in [2.05, 4.69) is 39.6 Å². The molecule has 0 spiro atoms. The molecule has 3 rings (SSSR count). The van der Waals surface area contributed by atoms with E-state index in [4.69, 9.17) is 14.5 Å². The summed E-state index contributed by atoms with van der Waals surface area (Å²) in [6.45, 7) is 6.23. The number of aliphatic imine (C=N–C) groups is 1. The van der Waals surface area contributed by atoms with Crippen molar-refractivity contribution in [2.45, 2.75) is 45.7 Å². The van der Waals surface area contributed by atoms with E-state index < -0.39 is 0 Å². The van der Waals surface area contributed by atoms with Gasteiger partial charge in [-0.05, 0) is 43.5 Å². The minimum Gasteiger partial charge on any atom is -0.497 e. The minimum atomic E-state index is 0.572. The van der Waals surface area contributed by atoms with E-state index in [1.807, 2.05) is 24.4 Å². The van der Waals surface area contributed by atoms with Gasteiger partial charge in [0.2, 0.25) is 0 Å². The Morgan fingerprint density at radius 3 is 2.48 bits per heavy atom. The number of nitrogens with zero attached hydrogens (tertiary/aromatic N) is 3. The van der Waals surface area contributed by atoms with Crippen molar-refractivity contribution in [2.24, 2.45) is 4.99 Å². The summed E-state index contributed by atoms with van der Waals surface area (Å²) in [5, 5.41) is 6.68. The lowest BCUT2D eigenvalue weighted by Crippen LogP contribution is -2.36. The van der Waals surface area contributed by atoms with E-state index >= 15 is 0 Å². The molecule has 31 heavy (non-hydrogen) atoms. The van der Waals surface area contributed by atoms with Gasteiger partial charge in [-0.1, -0.05) is 18.9 Å². The zero-order valence-corrected chi connectivity index (χ0v) is 19.0. The molecular formula is C24H35N5O2. The first-order chi connectivity index (χ1) is 15.2. The zero-order chi connectivity index (χ0) is 21.9. The number of hydrogen-bond acceptors (Lipinski definition) is 5. The van der Waals surface area contributed by atoms with Gasteiger partial charge in [0.05, 0.1) is 20.8 Å². The number of guanidine groups is 1. The fraction of sp³-hybridized carbons (Fsp3) is 0.500. The van der Waals surface area contributed by atoms with Gasteiger partial charge in [-0.25, -0.2) is 9.98 Å². The van der Waals surface area contributed by atoms with Crippen LogP contribution in [0.2, 0.25) is 0 Å². The summed E-state index contributed by atoms with van der Waals surface area (Å²) in [6, 6.07) is 10.1. The number of rotatable bonds is 8. The molecule has 1 saturated heterocycles. The fourth-order valence-corrected chi connectivity index (χ4v) is 3.69. The molecule has 0 aliphatic carbocycles. The molecule has 1 aliphatic rings. The first kappa shape index (κ1) is 22.7. The summed E-state index contributed by atoms with van der Waals surface area (Å²) < 4.78 is 10.8. The molecule has 1 aromatic carbocycles. The number of benzene rings is 1. The van der Waals surface area contributed by atoms with Gasteiger partial charge < -0.3 is 25.0 Å². The van der Waals surface area contributed by atoms with Crippen LogP contribution < -0.4 is 25.0 Å². The lowest BCUT2D eigenvalue weighted by Gasteiger charge is -2.21. The predicted octanol–water partition coefficient (Wildman–Crippen LogP) is 3.73. The van der Waals surface area contributed by atoms with Crippen molar-refractivity contribution in [3.63, 3.8) is 0 Å². The summed E-state index contributed by atoms with van der Waals surface area (Å²) in [5.74, 6) is 3.40. The number of anilines is 1. The molecule has 7 heteroatoms. The molecular weight excluding hydrogens is 390 g/mol. The topological polar surface area (TPSA) is 71.0 Å². The lowest BCUT2D eigenvalue weighted by molar-refractivity contribution is 0.390. The van der Waals surface area contributed by atoms with Crippen LogP contribution in [0.3, 0.4) is 0 Å². The van der Waals surface area contributed by atoms with Gasteiger partial charge in [-0.15, -0.1) is 0 Å². The van der Waals surface area contributed by atoms with Crippen molar-refractivity contribution in [1.29, 1.82) is 0 Å². The second-order valence-electron chi connectivity index (χ2n) is 7.65. The molecule has 0 unspecified atom stereocenters. The maximum absolute atomic E-state index is 5.49. The molecule has 1 aromatic heterocycles. The second kappa shape index (κ2) is 12.0. The normalized spacial score (nSPS) is 14.7. The average Bonchev–Trinajstić information content (AvgIpc) is 3.11. The number of aromatic nitrogens is 1. The van der Waals surface area contributed by atoms with Crippen molar-refractivity contribution in [3.8, 4) is 11.5 Å². The Morgan fingerprint density at radius 1 is 1.03 bits per heavy atom. The third-order valence-electron chi connectivity index (χ3n) is 5.44. The Labute approximate surface area is 185 Å².